The highest BCUT2D eigenvalue weighted by Crippen LogP contribution is 2.38. The van der Waals surface area contributed by atoms with Gasteiger partial charge in [-0.15, -0.1) is 0 Å². The monoisotopic (exact) mass is 423 g/mol. The Morgan fingerprint density at radius 2 is 1.50 bits per heavy atom. The molecular weight excluding hydrogens is 395 g/mol. The molecule has 30 heavy (non-hydrogen) atoms. The predicted molar refractivity (Wildman–Crippen MR) is 109 cm³/mol. The summed E-state index contributed by atoms with van der Waals surface area (Å²) < 4.78 is 40.5. The van der Waals surface area contributed by atoms with Crippen LogP contribution < -0.4 is 4.90 Å². The lowest BCUT2D eigenvalue weighted by Crippen LogP contribution is -2.46. The van der Waals surface area contributed by atoms with E-state index in [0.29, 0.717) is 25.3 Å². The number of nitrogens with zero attached hydrogens (tertiary/aromatic N) is 3. The number of hydrogen-bond donors (Lipinski definition) is 2. The summed E-state index contributed by atoms with van der Waals surface area (Å²) in [5.74, 6) is 0.410. The molecule has 2 N–H and O–H groups in total. The van der Waals surface area contributed by atoms with Crippen LogP contribution in [0.1, 0.15) is 36.0 Å². The highest BCUT2D eigenvalue weighted by molar-refractivity contribution is 5.50. The number of fused-ring (bicyclic) bond motifs is 1. The third-order valence-corrected chi connectivity index (χ3v) is 6.29. The van der Waals surface area contributed by atoms with Gasteiger partial charge in [0, 0.05) is 49.5 Å². The molecule has 0 radical (unpaired) electrons. The predicted octanol–water partition coefficient (Wildman–Crippen LogP) is 4.01. The second kappa shape index (κ2) is 8.41. The van der Waals surface area contributed by atoms with E-state index >= 15 is 0 Å². The number of piperazine rings is 1. The van der Waals surface area contributed by atoms with Gasteiger partial charge in [-0.3, -0.25) is 9.47 Å². The number of benzene rings is 1. The zero-order valence-electron chi connectivity index (χ0n) is 17.0. The summed E-state index contributed by atoms with van der Waals surface area (Å²) in [7, 11) is 0. The minimum atomic E-state index is -4.33. The average molecular weight is 423 g/mol. The lowest BCUT2D eigenvalue weighted by Gasteiger charge is -2.36. The van der Waals surface area contributed by atoms with Crippen LogP contribution in [0.5, 0.6) is 11.8 Å². The van der Waals surface area contributed by atoms with Crippen LogP contribution in [0, 0.1) is 0 Å². The molecule has 1 saturated heterocycles. The van der Waals surface area contributed by atoms with Crippen LogP contribution in [0.15, 0.2) is 24.3 Å². The lowest BCUT2D eigenvalue weighted by atomic mass is 9.95. The van der Waals surface area contributed by atoms with Crippen molar-refractivity contribution in [3.05, 3.63) is 41.0 Å². The minimum Gasteiger partial charge on any atom is -0.494 e. The molecule has 0 saturated carbocycles. The molecule has 0 unspecified atom stereocenters. The largest absolute Gasteiger partial charge is 0.494 e. The molecule has 4 rings (SSSR count). The van der Waals surface area contributed by atoms with Gasteiger partial charge in [0.05, 0.1) is 5.56 Å². The molecule has 1 aliphatic carbocycles. The van der Waals surface area contributed by atoms with Gasteiger partial charge < -0.3 is 15.1 Å². The number of halogens is 3. The Balaban J connectivity index is 1.29. The van der Waals surface area contributed by atoms with Crippen LogP contribution in [0.25, 0.3) is 0 Å². The van der Waals surface area contributed by atoms with Crippen molar-refractivity contribution >= 4 is 5.69 Å². The second-order valence-electron chi connectivity index (χ2n) is 8.19. The van der Waals surface area contributed by atoms with E-state index in [4.69, 9.17) is 0 Å². The average Bonchev–Trinajstić information content (AvgIpc) is 2.99. The zero-order valence-corrected chi connectivity index (χ0v) is 17.0. The minimum absolute atomic E-state index is 0.205. The Kier molecular flexibility index (Phi) is 5.86. The molecule has 5 nitrogen and oxygen atoms in total. The van der Waals surface area contributed by atoms with Crippen molar-refractivity contribution < 1.29 is 23.4 Å². The highest BCUT2D eigenvalue weighted by atomic mass is 19.4. The first kappa shape index (κ1) is 20.9. The van der Waals surface area contributed by atoms with Crippen molar-refractivity contribution in [2.75, 3.05) is 37.6 Å². The zero-order chi connectivity index (χ0) is 21.3. The fourth-order valence-corrected chi connectivity index (χ4v) is 4.60. The molecule has 1 aliphatic heterocycles. The van der Waals surface area contributed by atoms with E-state index < -0.39 is 11.7 Å². The maximum Gasteiger partial charge on any atom is 0.416 e. The number of hydrogen-bond acceptors (Lipinski definition) is 4. The van der Waals surface area contributed by atoms with Crippen LogP contribution in [-0.4, -0.2) is 52.4 Å². The Labute approximate surface area is 174 Å². The molecule has 0 spiro atoms. The molecule has 1 fully saturated rings. The van der Waals surface area contributed by atoms with E-state index in [9.17, 15) is 23.4 Å². The van der Waals surface area contributed by atoms with E-state index in [2.05, 4.69) is 4.90 Å². The van der Waals surface area contributed by atoms with Gasteiger partial charge in [0.2, 0.25) is 0 Å². The number of anilines is 1. The van der Waals surface area contributed by atoms with Gasteiger partial charge in [0.25, 0.3) is 0 Å². The fraction of sp³-hybridized carbons (Fsp3) is 0.545. The van der Waals surface area contributed by atoms with Gasteiger partial charge in [-0.1, -0.05) is 6.07 Å². The Morgan fingerprint density at radius 1 is 0.867 bits per heavy atom. The van der Waals surface area contributed by atoms with Crippen molar-refractivity contribution in [3.63, 3.8) is 0 Å². The van der Waals surface area contributed by atoms with Gasteiger partial charge in [0.15, 0.2) is 11.8 Å². The SMILES string of the molecule is Oc1c2c(c(O)n1CCCN1CCN(c3cccc(C(F)(F)F)c3)CC1)CCCC2. The number of alkyl halides is 3. The maximum absolute atomic E-state index is 12.9. The summed E-state index contributed by atoms with van der Waals surface area (Å²) in [5, 5.41) is 20.9. The van der Waals surface area contributed by atoms with Crippen LogP contribution >= 0.6 is 0 Å². The summed E-state index contributed by atoms with van der Waals surface area (Å²) in [6.07, 6.45) is 0.184. The Bertz CT molecular complexity index is 857. The summed E-state index contributed by atoms with van der Waals surface area (Å²) in [6.45, 7) is 4.27. The smallest absolute Gasteiger partial charge is 0.416 e. The fourth-order valence-electron chi connectivity index (χ4n) is 4.60. The first-order valence-electron chi connectivity index (χ1n) is 10.6. The van der Waals surface area contributed by atoms with Crippen LogP contribution in [-0.2, 0) is 25.6 Å². The quantitative estimate of drug-likeness (QED) is 0.763. The third-order valence-electron chi connectivity index (χ3n) is 6.29. The number of aromatic nitrogens is 1. The Morgan fingerprint density at radius 3 is 2.10 bits per heavy atom. The van der Waals surface area contributed by atoms with Crippen molar-refractivity contribution in [2.45, 2.75) is 44.8 Å². The number of aromatic hydroxyl groups is 2. The lowest BCUT2D eigenvalue weighted by molar-refractivity contribution is -0.137. The molecule has 0 amide bonds. The van der Waals surface area contributed by atoms with Crippen LogP contribution in [0.4, 0.5) is 18.9 Å². The molecule has 2 aliphatic rings. The van der Waals surface area contributed by atoms with Crippen molar-refractivity contribution in [3.8, 4) is 11.8 Å². The summed E-state index contributed by atoms with van der Waals surface area (Å²) in [5.41, 5.74) is 1.79. The molecule has 164 valence electrons. The van der Waals surface area contributed by atoms with Gasteiger partial charge in [-0.25, -0.2) is 0 Å². The molecule has 2 heterocycles. The van der Waals surface area contributed by atoms with E-state index in [-0.39, 0.29) is 11.8 Å². The second-order valence-corrected chi connectivity index (χ2v) is 8.19. The standard InChI is InChI=1S/C22H28F3N3O2/c23-22(24,25)16-5-3-6-17(15-16)27-13-11-26(12-14-27)9-4-10-28-20(29)18-7-1-2-8-19(18)21(28)30/h3,5-6,15,29-30H,1-2,4,7-14H2. The molecule has 0 bridgehead atoms. The van der Waals surface area contributed by atoms with Crippen molar-refractivity contribution in [1.29, 1.82) is 0 Å². The van der Waals surface area contributed by atoms with Gasteiger partial charge in [0.1, 0.15) is 0 Å². The molecule has 1 aromatic heterocycles. The first-order valence-corrected chi connectivity index (χ1v) is 10.6. The van der Waals surface area contributed by atoms with E-state index in [1.165, 1.54) is 12.1 Å². The number of rotatable bonds is 5. The summed E-state index contributed by atoms with van der Waals surface area (Å²) in [6, 6.07) is 5.50. The van der Waals surface area contributed by atoms with Crippen molar-refractivity contribution in [2.24, 2.45) is 0 Å². The Hall–Kier alpha value is -2.35. The van der Waals surface area contributed by atoms with E-state index in [1.54, 1.807) is 10.6 Å². The molecule has 2 aromatic rings. The van der Waals surface area contributed by atoms with E-state index in [0.717, 1.165) is 68.9 Å². The molecule has 0 atom stereocenters. The van der Waals surface area contributed by atoms with Gasteiger partial charge >= 0.3 is 6.18 Å². The van der Waals surface area contributed by atoms with Crippen LogP contribution in [0.2, 0.25) is 0 Å². The summed E-state index contributed by atoms with van der Waals surface area (Å²) in [4.78, 5) is 4.27. The molecule has 8 heteroatoms. The molecule has 1 aromatic carbocycles. The topological polar surface area (TPSA) is 51.9 Å². The van der Waals surface area contributed by atoms with Crippen molar-refractivity contribution in [1.82, 2.24) is 9.47 Å². The maximum atomic E-state index is 12.9. The van der Waals surface area contributed by atoms with E-state index in [1.807, 2.05) is 4.90 Å². The van der Waals surface area contributed by atoms with Crippen LogP contribution in [0.3, 0.4) is 0 Å². The molecular formula is C22H28F3N3O2. The first-order chi connectivity index (χ1) is 14.3. The summed E-state index contributed by atoms with van der Waals surface area (Å²) >= 11 is 0. The highest BCUT2D eigenvalue weighted by Gasteiger charge is 2.31. The third kappa shape index (κ3) is 4.24. The normalized spacial score (nSPS) is 17.9. The van der Waals surface area contributed by atoms with Gasteiger partial charge in [-0.05, 0) is 56.8 Å². The van der Waals surface area contributed by atoms with Gasteiger partial charge in [-0.2, -0.15) is 13.2 Å².